The van der Waals surface area contributed by atoms with Crippen molar-refractivity contribution in [1.29, 1.82) is 0 Å². The van der Waals surface area contributed by atoms with Crippen molar-refractivity contribution in [2.75, 3.05) is 0 Å². The van der Waals surface area contributed by atoms with E-state index in [0.717, 1.165) is 19.3 Å². The van der Waals surface area contributed by atoms with Crippen LogP contribution in [0.15, 0.2) is 23.8 Å². The molecule has 0 bridgehead atoms. The van der Waals surface area contributed by atoms with Crippen molar-refractivity contribution in [2.24, 2.45) is 40.4 Å². The number of aliphatic hydroxyl groups is 1. The second-order valence-corrected chi connectivity index (χ2v) is 11.4. The number of carbonyl (C=O) groups is 1. The summed E-state index contributed by atoms with van der Waals surface area (Å²) in [7, 11) is 3.03. The highest BCUT2D eigenvalue weighted by atomic mass is 31.0. The molecule has 4 aliphatic carbocycles. The fourth-order valence-electron chi connectivity index (χ4n) is 7.36. The summed E-state index contributed by atoms with van der Waals surface area (Å²) in [4.78, 5) is 11.1. The van der Waals surface area contributed by atoms with Gasteiger partial charge in [0, 0.05) is 12.3 Å². The van der Waals surface area contributed by atoms with Gasteiger partial charge in [0.1, 0.15) is 6.17 Å². The molecule has 0 aromatic rings. The Morgan fingerprint density at radius 2 is 1.74 bits per heavy atom. The van der Waals surface area contributed by atoms with Gasteiger partial charge in [-0.25, -0.2) is 4.39 Å². The van der Waals surface area contributed by atoms with Crippen molar-refractivity contribution in [3.63, 3.8) is 0 Å². The zero-order chi connectivity index (χ0) is 27.1. The smallest absolute Gasteiger partial charge is 0.303 e. The van der Waals surface area contributed by atoms with Gasteiger partial charge in [0.05, 0.1) is 6.10 Å². The van der Waals surface area contributed by atoms with Gasteiger partial charge in [0.15, 0.2) is 0 Å². The van der Waals surface area contributed by atoms with Gasteiger partial charge in [-0.1, -0.05) is 86.1 Å². The highest BCUT2D eigenvalue weighted by molar-refractivity contribution is 7.18. The summed E-state index contributed by atoms with van der Waals surface area (Å²) in [5.41, 5.74) is 1.42. The second-order valence-electron chi connectivity index (χ2n) is 10.7. The van der Waals surface area contributed by atoms with Crippen molar-refractivity contribution in [3.05, 3.63) is 23.8 Å². The number of halogens is 1. The number of hydrogen-bond donors (Lipinski definition) is 2. The Morgan fingerprint density at radius 1 is 1.14 bits per heavy atom. The number of carboxylic acid groups (broad SMARTS) is 1. The maximum Gasteiger partial charge on any atom is 0.303 e. The van der Waals surface area contributed by atoms with Crippen molar-refractivity contribution in [1.82, 2.24) is 0 Å². The highest BCUT2D eigenvalue weighted by Crippen LogP contribution is 2.66. The highest BCUT2D eigenvalue weighted by Gasteiger charge is 2.61. The predicted octanol–water partition coefficient (Wildman–Crippen LogP) is 8.08. The summed E-state index contributed by atoms with van der Waals surface area (Å²) < 4.78 is 15.7. The lowest BCUT2D eigenvalue weighted by Gasteiger charge is -2.59. The van der Waals surface area contributed by atoms with Crippen LogP contribution < -0.4 is 0 Å². The average Bonchev–Trinajstić information content (AvgIpc) is 3.21. The van der Waals surface area contributed by atoms with E-state index in [4.69, 9.17) is 5.11 Å². The summed E-state index contributed by atoms with van der Waals surface area (Å²) in [5, 5.41) is 19.3. The van der Waals surface area contributed by atoms with E-state index < -0.39 is 12.1 Å². The summed E-state index contributed by atoms with van der Waals surface area (Å²) >= 11 is 0. The Labute approximate surface area is 217 Å². The van der Waals surface area contributed by atoms with E-state index in [0.29, 0.717) is 12.8 Å². The molecule has 11 unspecified atom stereocenters. The van der Waals surface area contributed by atoms with E-state index in [1.54, 1.807) is 0 Å². The molecule has 0 aromatic heterocycles. The van der Waals surface area contributed by atoms with Gasteiger partial charge in [-0.15, -0.1) is 9.24 Å². The van der Waals surface area contributed by atoms with Crippen molar-refractivity contribution in [3.8, 4) is 0 Å². The van der Waals surface area contributed by atoms with E-state index >= 15 is 4.39 Å². The maximum absolute atomic E-state index is 15.7. The predicted molar refractivity (Wildman–Crippen MR) is 150 cm³/mol. The third kappa shape index (κ3) is 6.06. The number of hydrogen-bond acceptors (Lipinski definition) is 2. The lowest BCUT2D eigenvalue weighted by Crippen LogP contribution is -2.55. The molecule has 11 atom stereocenters. The van der Waals surface area contributed by atoms with Crippen LogP contribution in [0.5, 0.6) is 0 Å². The Bertz CT molecular complexity index is 737. The van der Waals surface area contributed by atoms with Crippen LogP contribution in [-0.2, 0) is 4.79 Å². The summed E-state index contributed by atoms with van der Waals surface area (Å²) in [6.45, 7) is 18.7. The number of carboxylic acids is 1. The van der Waals surface area contributed by atoms with Crippen LogP contribution in [-0.4, -0.2) is 34.1 Å². The fraction of sp³-hybridized carbons (Fsp3) is 0.833. The monoisotopic (exact) mass is 512 g/mol. The molecule has 2 saturated carbocycles. The molecule has 2 N–H and O–H groups in total. The first-order valence-electron chi connectivity index (χ1n) is 14.3. The number of allylic oxidation sites excluding steroid dienone is 4. The molecule has 0 aliphatic heterocycles. The fourth-order valence-corrected chi connectivity index (χ4v) is 8.01. The molecule has 0 radical (unpaired) electrons. The summed E-state index contributed by atoms with van der Waals surface area (Å²) in [6.07, 6.45) is 9.57. The van der Waals surface area contributed by atoms with Crippen LogP contribution in [0.3, 0.4) is 0 Å². The summed E-state index contributed by atoms with van der Waals surface area (Å²) in [6, 6.07) is 0. The maximum atomic E-state index is 15.7. The molecular formula is C30H54FO3P. The Hall–Kier alpha value is -0.730. The number of alkyl halides is 1. The molecule has 0 aromatic carbocycles. The Morgan fingerprint density at radius 3 is 2.31 bits per heavy atom. The lowest BCUT2D eigenvalue weighted by atomic mass is 9.47. The molecule has 4 rings (SSSR count). The van der Waals surface area contributed by atoms with Gasteiger partial charge in [0.2, 0.25) is 0 Å². The zero-order valence-corrected chi connectivity index (χ0v) is 25.0. The van der Waals surface area contributed by atoms with Crippen molar-refractivity contribution < 1.29 is 19.4 Å². The normalized spacial score (nSPS) is 41.6. The molecule has 35 heavy (non-hydrogen) atoms. The molecule has 0 saturated heterocycles. The molecule has 2 fully saturated rings. The number of aliphatic carboxylic acids is 1. The van der Waals surface area contributed by atoms with E-state index in [1.165, 1.54) is 5.57 Å². The van der Waals surface area contributed by atoms with Crippen molar-refractivity contribution in [2.45, 2.75) is 119 Å². The topological polar surface area (TPSA) is 57.5 Å². The minimum Gasteiger partial charge on any atom is -0.481 e. The molecular weight excluding hydrogens is 458 g/mol. The Kier molecular flexibility index (Phi) is 12.7. The number of rotatable bonds is 4. The van der Waals surface area contributed by atoms with Crippen LogP contribution in [0, 0.1) is 40.4 Å². The van der Waals surface area contributed by atoms with E-state index in [2.05, 4.69) is 48.2 Å². The quantitative estimate of drug-likeness (QED) is 0.296. The average molecular weight is 513 g/mol. The van der Waals surface area contributed by atoms with Crippen LogP contribution in [0.1, 0.15) is 101 Å². The third-order valence-electron chi connectivity index (χ3n) is 9.23. The van der Waals surface area contributed by atoms with E-state index in [9.17, 15) is 9.90 Å². The second kappa shape index (κ2) is 13.7. The van der Waals surface area contributed by atoms with Crippen LogP contribution in [0.4, 0.5) is 4.39 Å². The first-order valence-corrected chi connectivity index (χ1v) is 15.0. The Balaban J connectivity index is 0.000000949. The SMILES string of the molecule is CC.CC.CC.CC(CCC(=O)O)C1C=CC2C3C(=CC(P)C12C)C1(C)CCC(O)CC1CC3F. The molecule has 0 heterocycles. The van der Waals surface area contributed by atoms with E-state index in [-0.39, 0.29) is 58.6 Å². The van der Waals surface area contributed by atoms with Crippen LogP contribution in [0.25, 0.3) is 0 Å². The first-order chi connectivity index (χ1) is 16.6. The van der Waals surface area contributed by atoms with E-state index in [1.807, 2.05) is 41.5 Å². The molecule has 0 amide bonds. The minimum absolute atomic E-state index is 0.0104. The van der Waals surface area contributed by atoms with Gasteiger partial charge in [-0.05, 0) is 72.3 Å². The number of fused-ring (bicyclic) bond motifs is 5. The minimum atomic E-state index is -0.871. The van der Waals surface area contributed by atoms with Gasteiger partial charge in [0.25, 0.3) is 0 Å². The zero-order valence-electron chi connectivity index (χ0n) is 23.9. The number of aliphatic hydroxyl groups excluding tert-OH is 1. The van der Waals surface area contributed by atoms with Gasteiger partial charge >= 0.3 is 5.97 Å². The van der Waals surface area contributed by atoms with Gasteiger partial charge < -0.3 is 10.2 Å². The standard InChI is InChI=1S/C24H36FO3P.3C2H6/c1-13(4-7-21(27)28)16-5-6-17-22-18(12-20(29)24(16,17)3)23(2)9-8-15(26)10-14(23)11-19(22)25;3*1-2/h5-6,12-17,19-20,22,26H,4,7-11,29H2,1-3H3,(H,27,28);3*1-2H3. The third-order valence-corrected chi connectivity index (χ3v) is 10.1. The van der Waals surface area contributed by atoms with Crippen molar-refractivity contribution >= 4 is 15.2 Å². The molecule has 3 nitrogen and oxygen atoms in total. The first kappa shape index (κ1) is 32.3. The molecule has 4 aliphatic rings. The molecule has 204 valence electrons. The van der Waals surface area contributed by atoms with Crippen LogP contribution in [0.2, 0.25) is 0 Å². The molecule has 0 spiro atoms. The summed E-state index contributed by atoms with van der Waals surface area (Å²) in [5.74, 6) is 0.0654. The lowest BCUT2D eigenvalue weighted by molar-refractivity contribution is -0.137. The molecule has 5 heteroatoms. The van der Waals surface area contributed by atoms with Gasteiger partial charge in [-0.3, -0.25) is 4.79 Å². The largest absolute Gasteiger partial charge is 0.481 e. The van der Waals surface area contributed by atoms with Crippen LogP contribution >= 0.6 is 9.24 Å². The van der Waals surface area contributed by atoms with Gasteiger partial charge in [-0.2, -0.15) is 0 Å².